The summed E-state index contributed by atoms with van der Waals surface area (Å²) in [6, 6.07) is 10.9. The van der Waals surface area contributed by atoms with Crippen LogP contribution in [0.25, 0.3) is 0 Å². The van der Waals surface area contributed by atoms with Gasteiger partial charge in [-0.2, -0.15) is 0 Å². The molecule has 0 bridgehead atoms. The van der Waals surface area contributed by atoms with Gasteiger partial charge in [-0.1, -0.05) is 12.1 Å². The Hall–Kier alpha value is -2.07. The van der Waals surface area contributed by atoms with Crippen molar-refractivity contribution in [1.82, 2.24) is 5.32 Å². The Morgan fingerprint density at radius 1 is 1.04 bits per heavy atom. The summed E-state index contributed by atoms with van der Waals surface area (Å²) < 4.78 is 24.7. The van der Waals surface area contributed by atoms with Gasteiger partial charge in [-0.25, -0.2) is 4.39 Å². The molecule has 2 aromatic carbocycles. The third-order valence-electron chi connectivity index (χ3n) is 4.06. The maximum Gasteiger partial charge on any atom is 0.161 e. The van der Waals surface area contributed by atoms with E-state index in [1.54, 1.807) is 0 Å². The van der Waals surface area contributed by atoms with Crippen LogP contribution in [-0.4, -0.2) is 19.8 Å². The van der Waals surface area contributed by atoms with E-state index in [9.17, 15) is 4.39 Å². The maximum atomic E-state index is 13.2. The Balaban J connectivity index is 2.02. The highest BCUT2D eigenvalue weighted by atomic mass is 19.1. The Bertz CT molecular complexity index is 670. The molecule has 0 fully saturated rings. The van der Waals surface area contributed by atoms with Crippen LogP contribution in [0.15, 0.2) is 36.4 Å². The van der Waals surface area contributed by atoms with Gasteiger partial charge in [0.1, 0.15) is 5.82 Å². The largest absolute Gasteiger partial charge is 0.490 e. The topological polar surface area (TPSA) is 30.5 Å². The maximum absolute atomic E-state index is 13.2. The Kier molecular flexibility index (Phi) is 4.82. The molecule has 2 aromatic rings. The summed E-state index contributed by atoms with van der Waals surface area (Å²) in [5.41, 5.74) is 3.48. The van der Waals surface area contributed by atoms with Crippen LogP contribution in [0.2, 0.25) is 0 Å². The first kappa shape index (κ1) is 15.8. The molecule has 3 rings (SSSR count). The molecule has 1 N–H and O–H groups in total. The fourth-order valence-corrected chi connectivity index (χ4v) is 3.05. The molecule has 122 valence electrons. The van der Waals surface area contributed by atoms with E-state index in [0.29, 0.717) is 13.2 Å². The minimum Gasteiger partial charge on any atom is -0.490 e. The molecular weight excluding hydrogens is 293 g/mol. The lowest BCUT2D eigenvalue weighted by molar-refractivity contribution is 0.286. The molecule has 0 aliphatic carbocycles. The summed E-state index contributed by atoms with van der Waals surface area (Å²) in [4.78, 5) is 0. The van der Waals surface area contributed by atoms with Crippen LogP contribution in [0.4, 0.5) is 4.39 Å². The zero-order valence-electron chi connectivity index (χ0n) is 13.6. The van der Waals surface area contributed by atoms with Gasteiger partial charge in [0, 0.05) is 6.54 Å². The van der Waals surface area contributed by atoms with E-state index in [1.165, 1.54) is 23.3 Å². The zero-order valence-corrected chi connectivity index (χ0v) is 13.6. The van der Waals surface area contributed by atoms with E-state index in [0.717, 1.165) is 30.0 Å². The summed E-state index contributed by atoms with van der Waals surface area (Å²) in [6.45, 7) is 6.02. The van der Waals surface area contributed by atoms with Crippen LogP contribution < -0.4 is 14.8 Å². The lowest BCUT2D eigenvalue weighted by Crippen LogP contribution is -2.30. The number of halogens is 1. The number of nitrogens with one attached hydrogen (secondary N) is 1. The smallest absolute Gasteiger partial charge is 0.161 e. The number of benzene rings is 2. The molecule has 0 unspecified atom stereocenters. The second kappa shape index (κ2) is 7.01. The van der Waals surface area contributed by atoms with Crippen LogP contribution >= 0.6 is 0 Å². The molecule has 0 saturated heterocycles. The number of rotatable bonds is 5. The normalized spacial score (nSPS) is 16.7. The highest BCUT2D eigenvalue weighted by Crippen LogP contribution is 2.37. The van der Waals surface area contributed by atoms with Crippen molar-refractivity contribution in [3.8, 4) is 11.5 Å². The van der Waals surface area contributed by atoms with E-state index in [2.05, 4.69) is 17.4 Å². The second-order valence-corrected chi connectivity index (χ2v) is 5.55. The number of fused-ring (bicyclic) bond motifs is 1. The molecular formula is C19H22FNO2. The van der Waals surface area contributed by atoms with Crippen molar-refractivity contribution in [2.45, 2.75) is 26.3 Å². The van der Waals surface area contributed by atoms with E-state index in [-0.39, 0.29) is 11.9 Å². The molecule has 1 heterocycles. The first-order valence-corrected chi connectivity index (χ1v) is 8.14. The summed E-state index contributed by atoms with van der Waals surface area (Å²) in [6.07, 6.45) is 0.944. The van der Waals surface area contributed by atoms with Crippen LogP contribution in [0.5, 0.6) is 11.5 Å². The molecule has 0 saturated carbocycles. The number of ether oxygens (including phenoxy) is 2. The average Bonchev–Trinajstić information content (AvgIpc) is 2.56. The third-order valence-corrected chi connectivity index (χ3v) is 4.06. The van der Waals surface area contributed by atoms with Gasteiger partial charge in [0.2, 0.25) is 0 Å². The predicted octanol–water partition coefficient (Wildman–Crippen LogP) is 3.86. The Morgan fingerprint density at radius 2 is 1.70 bits per heavy atom. The zero-order chi connectivity index (χ0) is 16.2. The van der Waals surface area contributed by atoms with Gasteiger partial charge < -0.3 is 14.8 Å². The molecule has 1 aliphatic rings. The quantitative estimate of drug-likeness (QED) is 0.909. The Morgan fingerprint density at radius 3 is 2.35 bits per heavy atom. The molecule has 1 atom stereocenters. The van der Waals surface area contributed by atoms with Gasteiger partial charge in [-0.05, 0) is 61.2 Å². The van der Waals surface area contributed by atoms with Crippen molar-refractivity contribution in [3.63, 3.8) is 0 Å². The average molecular weight is 315 g/mol. The van der Waals surface area contributed by atoms with Crippen LogP contribution in [-0.2, 0) is 6.42 Å². The molecule has 4 heteroatoms. The molecule has 23 heavy (non-hydrogen) atoms. The van der Waals surface area contributed by atoms with E-state index >= 15 is 0 Å². The fraction of sp³-hybridized carbons (Fsp3) is 0.368. The fourth-order valence-electron chi connectivity index (χ4n) is 3.05. The van der Waals surface area contributed by atoms with E-state index in [1.807, 2.05) is 26.0 Å². The van der Waals surface area contributed by atoms with Crippen LogP contribution in [0.3, 0.4) is 0 Å². The van der Waals surface area contributed by atoms with Gasteiger partial charge in [0.15, 0.2) is 11.5 Å². The summed E-state index contributed by atoms with van der Waals surface area (Å²) in [5, 5.41) is 3.51. The molecule has 0 amide bonds. The van der Waals surface area contributed by atoms with E-state index < -0.39 is 0 Å². The predicted molar refractivity (Wildman–Crippen MR) is 88.7 cm³/mol. The van der Waals surface area contributed by atoms with Crippen molar-refractivity contribution in [1.29, 1.82) is 0 Å². The minimum atomic E-state index is -0.216. The lowest BCUT2D eigenvalue weighted by Gasteiger charge is -2.29. The van der Waals surface area contributed by atoms with E-state index in [4.69, 9.17) is 9.47 Å². The van der Waals surface area contributed by atoms with Gasteiger partial charge in [0.05, 0.1) is 19.3 Å². The van der Waals surface area contributed by atoms with Gasteiger partial charge >= 0.3 is 0 Å². The highest BCUT2D eigenvalue weighted by molar-refractivity contribution is 5.51. The highest BCUT2D eigenvalue weighted by Gasteiger charge is 2.24. The SMILES string of the molecule is CCOc1cc2c(cc1OCC)[C@H](c1ccc(F)cc1)NCC2. The monoisotopic (exact) mass is 315 g/mol. The third kappa shape index (κ3) is 3.32. The second-order valence-electron chi connectivity index (χ2n) is 5.55. The van der Waals surface area contributed by atoms with Gasteiger partial charge in [0.25, 0.3) is 0 Å². The van der Waals surface area contributed by atoms with Crippen molar-refractivity contribution < 1.29 is 13.9 Å². The van der Waals surface area contributed by atoms with Gasteiger partial charge in [-0.3, -0.25) is 0 Å². The molecule has 0 spiro atoms. The summed E-state index contributed by atoms with van der Waals surface area (Å²) in [5.74, 6) is 1.35. The van der Waals surface area contributed by atoms with Crippen LogP contribution in [0, 0.1) is 5.82 Å². The number of hydrogen-bond acceptors (Lipinski definition) is 3. The molecule has 0 aromatic heterocycles. The minimum absolute atomic E-state index is 0.0502. The standard InChI is InChI=1S/C19H22FNO2/c1-3-22-17-11-14-9-10-21-19(13-5-7-15(20)8-6-13)16(14)12-18(17)23-4-2/h5-8,11-12,19,21H,3-4,9-10H2,1-2H3/t19-/m0/s1. The molecule has 1 aliphatic heterocycles. The first-order chi connectivity index (χ1) is 11.2. The van der Waals surface area contributed by atoms with Crippen LogP contribution in [0.1, 0.15) is 36.6 Å². The first-order valence-electron chi connectivity index (χ1n) is 8.14. The summed E-state index contributed by atoms with van der Waals surface area (Å²) >= 11 is 0. The Labute approximate surface area is 136 Å². The van der Waals surface area contributed by atoms with Gasteiger partial charge in [-0.15, -0.1) is 0 Å². The van der Waals surface area contributed by atoms with Crippen molar-refractivity contribution in [3.05, 3.63) is 58.9 Å². The van der Waals surface area contributed by atoms with Crippen molar-refractivity contribution in [2.75, 3.05) is 19.8 Å². The molecule has 3 nitrogen and oxygen atoms in total. The lowest BCUT2D eigenvalue weighted by atomic mass is 9.89. The summed E-state index contributed by atoms with van der Waals surface area (Å²) in [7, 11) is 0. The molecule has 0 radical (unpaired) electrons. The number of hydrogen-bond donors (Lipinski definition) is 1. The van der Waals surface area contributed by atoms with Crippen molar-refractivity contribution >= 4 is 0 Å². The van der Waals surface area contributed by atoms with Crippen molar-refractivity contribution in [2.24, 2.45) is 0 Å².